The first kappa shape index (κ1) is 25.8. The number of nitrogens with zero attached hydrogens (tertiary/aromatic N) is 1. The van der Waals surface area contributed by atoms with Gasteiger partial charge < -0.3 is 29.7 Å². The lowest BCUT2D eigenvalue weighted by Gasteiger charge is -2.28. The molecule has 4 aromatic carbocycles. The first-order valence-corrected chi connectivity index (χ1v) is 14.7. The number of benzene rings is 4. The molecule has 2 aliphatic carbocycles. The maximum atomic E-state index is 13.6. The van der Waals surface area contributed by atoms with E-state index in [1.807, 2.05) is 6.92 Å². The fourth-order valence-corrected chi connectivity index (χ4v) is 7.84. The van der Waals surface area contributed by atoms with Gasteiger partial charge in [0.2, 0.25) is 0 Å². The van der Waals surface area contributed by atoms with Crippen LogP contribution in [0.1, 0.15) is 47.3 Å². The molecule has 0 bridgehead atoms. The molecule has 210 valence electrons. The summed E-state index contributed by atoms with van der Waals surface area (Å²) in [4.78, 5) is 19.4. The van der Waals surface area contributed by atoms with E-state index >= 15 is 0 Å². The smallest absolute Gasteiger partial charge is 0.194 e. The number of aromatic hydroxyl groups is 2. The average Bonchev–Trinajstić information content (AvgIpc) is 3.12. The number of thioether (sulfide) groups is 1. The number of hydrogen-bond acceptors (Lipinski definition) is 9. The Bertz CT molecular complexity index is 1990. The Morgan fingerprint density at radius 2 is 1.71 bits per heavy atom. The molecule has 0 unspecified atom stereocenters. The van der Waals surface area contributed by atoms with E-state index in [2.05, 4.69) is 18.3 Å². The first-order chi connectivity index (χ1) is 19.9. The van der Waals surface area contributed by atoms with Gasteiger partial charge in [-0.05, 0) is 25.2 Å². The van der Waals surface area contributed by atoms with Gasteiger partial charge in [0, 0.05) is 63.2 Å². The quantitative estimate of drug-likeness (QED) is 0.148. The number of carbonyl (C=O) groups excluding carboxylic acids is 1. The van der Waals surface area contributed by atoms with Crippen molar-refractivity contribution in [2.45, 2.75) is 31.6 Å². The van der Waals surface area contributed by atoms with Crippen molar-refractivity contribution in [3.63, 3.8) is 0 Å². The largest absolute Gasteiger partial charge is 0.505 e. The Morgan fingerprint density at radius 3 is 2.41 bits per heavy atom. The highest BCUT2D eigenvalue weighted by atomic mass is 32.2. The molecule has 1 heterocycles. The van der Waals surface area contributed by atoms with Gasteiger partial charge in [0.1, 0.15) is 17.3 Å². The Kier molecular flexibility index (Phi) is 5.80. The van der Waals surface area contributed by atoms with E-state index in [1.165, 1.54) is 20.3 Å². The van der Waals surface area contributed by atoms with Gasteiger partial charge in [0.25, 0.3) is 0 Å². The number of carbonyl (C=O) groups is 1. The highest BCUT2D eigenvalue weighted by Gasteiger charge is 2.37. The molecule has 3 N–H and O–H groups in total. The lowest BCUT2D eigenvalue weighted by molar-refractivity contribution is 0.104. The number of fused-ring (bicyclic) bond motifs is 3. The van der Waals surface area contributed by atoms with Crippen molar-refractivity contribution in [2.24, 2.45) is 4.99 Å². The molecule has 4 aromatic rings. The van der Waals surface area contributed by atoms with Crippen LogP contribution in [0.4, 0.5) is 5.69 Å². The molecule has 0 radical (unpaired) electrons. The summed E-state index contributed by atoms with van der Waals surface area (Å²) in [5.74, 6) is 1.63. The number of ether oxygens (including phenoxy) is 3. The van der Waals surface area contributed by atoms with Crippen molar-refractivity contribution in [2.75, 3.05) is 45.5 Å². The average molecular weight is 571 g/mol. The second kappa shape index (κ2) is 9.21. The van der Waals surface area contributed by atoms with Gasteiger partial charge in [-0.25, -0.2) is 0 Å². The molecule has 0 atom stereocenters. The molecule has 41 heavy (non-hydrogen) atoms. The van der Waals surface area contributed by atoms with Gasteiger partial charge in [0.15, 0.2) is 17.3 Å². The van der Waals surface area contributed by atoms with E-state index in [-0.39, 0.29) is 28.6 Å². The van der Waals surface area contributed by atoms with Crippen molar-refractivity contribution in [1.82, 2.24) is 0 Å². The van der Waals surface area contributed by atoms with Gasteiger partial charge in [-0.15, -0.1) is 11.8 Å². The minimum Gasteiger partial charge on any atom is -0.505 e. The third-order valence-corrected chi connectivity index (χ3v) is 9.37. The van der Waals surface area contributed by atoms with Crippen LogP contribution in [0.25, 0.3) is 44.2 Å². The topological polar surface area (TPSA) is 110 Å². The van der Waals surface area contributed by atoms with Crippen molar-refractivity contribution >= 4 is 67.4 Å². The predicted octanol–water partition coefficient (Wildman–Crippen LogP) is 5.98. The minimum absolute atomic E-state index is 0.135. The summed E-state index contributed by atoms with van der Waals surface area (Å²) in [6.45, 7) is 5.37. The van der Waals surface area contributed by atoms with Crippen LogP contribution in [0.2, 0.25) is 0 Å². The number of phenolic OH excluding ortho intramolecular Hbond substituents is 2. The molecule has 1 aliphatic heterocycles. The fraction of sp³-hybridized carbons (Fsp3) is 0.312. The molecule has 3 aliphatic rings. The zero-order chi connectivity index (χ0) is 28.7. The molecule has 8 nitrogen and oxygen atoms in total. The van der Waals surface area contributed by atoms with Crippen molar-refractivity contribution in [1.29, 1.82) is 0 Å². The molecule has 0 saturated heterocycles. The summed E-state index contributed by atoms with van der Waals surface area (Å²) in [7, 11) is 4.68. The normalized spacial score (nSPS) is 15.5. The molecule has 0 fully saturated rings. The predicted molar refractivity (Wildman–Crippen MR) is 163 cm³/mol. The molecule has 0 saturated carbocycles. The van der Waals surface area contributed by atoms with Crippen molar-refractivity contribution < 1.29 is 29.2 Å². The number of allylic oxidation sites excluding steroid dienone is 2. The number of methoxy groups -OCH3 is 3. The highest BCUT2D eigenvalue weighted by molar-refractivity contribution is 7.99. The Hall–Kier alpha value is -4.11. The van der Waals surface area contributed by atoms with Crippen LogP contribution in [-0.4, -0.2) is 56.2 Å². The summed E-state index contributed by atoms with van der Waals surface area (Å²) < 4.78 is 17.8. The van der Waals surface area contributed by atoms with E-state index < -0.39 is 0 Å². The highest BCUT2D eigenvalue weighted by Crippen LogP contribution is 2.57. The molecule has 0 amide bonds. The summed E-state index contributed by atoms with van der Waals surface area (Å²) >= 11 is 1.64. The van der Waals surface area contributed by atoms with Crippen LogP contribution in [-0.2, 0) is 11.2 Å². The number of hydrogen-bond donors (Lipinski definition) is 3. The van der Waals surface area contributed by atoms with Crippen LogP contribution in [0.15, 0.2) is 21.5 Å². The molecular formula is C32H30N2O6S. The second-order valence-electron chi connectivity index (χ2n) is 10.6. The first-order valence-electron chi connectivity index (χ1n) is 13.7. The number of anilines is 1. The van der Waals surface area contributed by atoms with Crippen LogP contribution in [0.5, 0.6) is 23.0 Å². The monoisotopic (exact) mass is 570 g/mol. The van der Waals surface area contributed by atoms with Crippen molar-refractivity contribution in [3.8, 4) is 23.0 Å². The number of phenols is 2. The lowest BCUT2D eigenvalue weighted by atomic mass is 9.79. The van der Waals surface area contributed by atoms with Crippen molar-refractivity contribution in [3.05, 3.63) is 39.3 Å². The zero-order valence-electron chi connectivity index (χ0n) is 23.6. The fourth-order valence-electron chi connectivity index (χ4n) is 6.83. The van der Waals surface area contributed by atoms with E-state index in [0.29, 0.717) is 58.4 Å². The summed E-state index contributed by atoms with van der Waals surface area (Å²) in [6, 6.07) is 0. The van der Waals surface area contributed by atoms with Crippen LogP contribution in [0, 0.1) is 0 Å². The Morgan fingerprint density at radius 1 is 0.927 bits per heavy atom. The molecule has 0 spiro atoms. The minimum atomic E-state index is -0.362. The third-order valence-electron chi connectivity index (χ3n) is 8.31. The maximum Gasteiger partial charge on any atom is 0.194 e. The van der Waals surface area contributed by atoms with Gasteiger partial charge in [0.05, 0.1) is 48.2 Å². The standard InChI is InChI=1S/C32H30N2O6S/c1-6-7-33-26-14-10-13(2)11-15-19-18(14)23-24(31(40-5)32-27(25(23)28(26)36)34-8-9-41-32)21-17(38-3)12-16(35)20(22(19)21)29(37)30(15)39-4/h10,12,33,36-37H,6-9,11H2,1-5H3. The Labute approximate surface area is 240 Å². The van der Waals surface area contributed by atoms with Crippen LogP contribution < -0.4 is 20.1 Å². The molecule has 9 heteroatoms. The summed E-state index contributed by atoms with van der Waals surface area (Å²) in [5, 5.41) is 32.2. The second-order valence-corrected chi connectivity index (χ2v) is 11.7. The summed E-state index contributed by atoms with van der Waals surface area (Å²) in [6.07, 6.45) is 4.84. The van der Waals surface area contributed by atoms with Gasteiger partial charge in [-0.2, -0.15) is 0 Å². The van der Waals surface area contributed by atoms with E-state index in [4.69, 9.17) is 19.2 Å². The van der Waals surface area contributed by atoms with E-state index in [9.17, 15) is 15.0 Å². The number of ketones is 1. The SMILES string of the molecule is CCCNc1c(O)c2c3c(c(OC)c4c5c6c(c(O)c(OC)c7c6c(c1C=C(C)C7)c42)C(=O)C=C5OC)SCCN=3. The van der Waals surface area contributed by atoms with Crippen LogP contribution >= 0.6 is 11.8 Å². The molecular weight excluding hydrogens is 540 g/mol. The van der Waals surface area contributed by atoms with Gasteiger partial charge in [-0.3, -0.25) is 9.79 Å². The summed E-state index contributed by atoms with van der Waals surface area (Å²) in [5.41, 5.74) is 4.07. The molecule has 7 rings (SSSR count). The maximum absolute atomic E-state index is 13.6. The number of nitrogens with one attached hydrogen (secondary N) is 1. The third kappa shape index (κ3) is 3.23. The Balaban J connectivity index is 1.93. The lowest BCUT2D eigenvalue weighted by Crippen LogP contribution is -2.18. The van der Waals surface area contributed by atoms with E-state index in [0.717, 1.165) is 55.3 Å². The zero-order valence-corrected chi connectivity index (χ0v) is 24.4. The number of rotatable bonds is 6. The van der Waals surface area contributed by atoms with Gasteiger partial charge >= 0.3 is 0 Å². The van der Waals surface area contributed by atoms with Gasteiger partial charge in [-0.1, -0.05) is 18.6 Å². The van der Waals surface area contributed by atoms with Crippen LogP contribution in [0.3, 0.4) is 0 Å². The van der Waals surface area contributed by atoms with E-state index in [1.54, 1.807) is 18.9 Å². The molecule has 0 aromatic heterocycles.